The maximum atomic E-state index is 11.7. The smallest absolute Gasteiger partial charge is 0.331 e. The molecule has 2 aromatic rings. The Labute approximate surface area is 145 Å². The molecule has 0 bridgehead atoms. The van der Waals surface area contributed by atoms with Crippen LogP contribution in [0.1, 0.15) is 34.1 Å². The lowest BCUT2D eigenvalue weighted by atomic mass is 10.2. The third-order valence-corrected chi connectivity index (χ3v) is 9.43. The Kier molecular flexibility index (Phi) is 5.62. The highest BCUT2D eigenvalue weighted by atomic mass is 28.4. The zero-order valence-electron chi connectivity index (χ0n) is 14.8. The van der Waals surface area contributed by atoms with Gasteiger partial charge in [0.1, 0.15) is 6.10 Å². The standard InChI is InChI=1S/C20H26O3Si/c1-5-18(19(21)22)23-24(20(2,3)4,16-12-8-6-9-13-16)17-14-10-7-11-15-17/h6-15,18H,5H2,1-4H3,(H,21,22)/t18-/m1/s1. The summed E-state index contributed by atoms with van der Waals surface area (Å²) >= 11 is 0. The van der Waals surface area contributed by atoms with Gasteiger partial charge in [0, 0.05) is 0 Å². The van der Waals surface area contributed by atoms with Crippen molar-refractivity contribution in [3.05, 3.63) is 60.7 Å². The molecule has 0 saturated carbocycles. The van der Waals surface area contributed by atoms with Gasteiger partial charge in [-0.3, -0.25) is 0 Å². The zero-order valence-corrected chi connectivity index (χ0v) is 15.8. The number of hydrogen-bond acceptors (Lipinski definition) is 2. The van der Waals surface area contributed by atoms with E-state index >= 15 is 0 Å². The predicted molar refractivity (Wildman–Crippen MR) is 100 cm³/mol. The lowest BCUT2D eigenvalue weighted by Crippen LogP contribution is -2.68. The normalized spacial score (nSPS) is 13.5. The van der Waals surface area contributed by atoms with Crippen molar-refractivity contribution in [3.8, 4) is 0 Å². The number of rotatable bonds is 6. The molecule has 24 heavy (non-hydrogen) atoms. The quantitative estimate of drug-likeness (QED) is 0.818. The number of hydrogen-bond donors (Lipinski definition) is 1. The first-order chi connectivity index (χ1) is 11.3. The fraction of sp³-hybridized carbons (Fsp3) is 0.350. The summed E-state index contributed by atoms with van der Waals surface area (Å²) in [4.78, 5) is 11.7. The van der Waals surface area contributed by atoms with Crippen LogP contribution in [0.25, 0.3) is 0 Å². The second-order valence-corrected chi connectivity index (χ2v) is 11.3. The molecule has 128 valence electrons. The molecule has 3 nitrogen and oxygen atoms in total. The summed E-state index contributed by atoms with van der Waals surface area (Å²) in [5.74, 6) is -0.898. The van der Waals surface area contributed by atoms with Crippen molar-refractivity contribution >= 4 is 24.7 Å². The summed E-state index contributed by atoms with van der Waals surface area (Å²) in [5.41, 5.74) is 0. The fourth-order valence-corrected chi connectivity index (χ4v) is 7.92. The molecule has 0 aromatic heterocycles. The Morgan fingerprint density at radius 2 is 1.42 bits per heavy atom. The van der Waals surface area contributed by atoms with Crippen LogP contribution < -0.4 is 10.4 Å². The molecule has 2 rings (SSSR count). The molecule has 2 aromatic carbocycles. The van der Waals surface area contributed by atoms with E-state index in [4.69, 9.17) is 4.43 Å². The van der Waals surface area contributed by atoms with E-state index in [1.54, 1.807) is 0 Å². The van der Waals surface area contributed by atoms with Crippen LogP contribution in [0.5, 0.6) is 0 Å². The van der Waals surface area contributed by atoms with Crippen molar-refractivity contribution in [2.75, 3.05) is 0 Å². The lowest BCUT2D eigenvalue weighted by Gasteiger charge is -2.44. The first-order valence-electron chi connectivity index (χ1n) is 8.34. The Balaban J connectivity index is 2.73. The molecule has 0 saturated heterocycles. The summed E-state index contributed by atoms with van der Waals surface area (Å²) in [6, 6.07) is 20.2. The maximum Gasteiger partial charge on any atom is 0.331 e. The van der Waals surface area contributed by atoms with Crippen molar-refractivity contribution in [3.63, 3.8) is 0 Å². The van der Waals surface area contributed by atoms with Crippen molar-refractivity contribution in [2.24, 2.45) is 0 Å². The highest BCUT2D eigenvalue weighted by Gasteiger charge is 2.52. The highest BCUT2D eigenvalue weighted by Crippen LogP contribution is 2.37. The second-order valence-electron chi connectivity index (χ2n) is 7.02. The van der Waals surface area contributed by atoms with Gasteiger partial charge in [-0.2, -0.15) is 0 Å². The molecule has 0 aliphatic heterocycles. The van der Waals surface area contributed by atoms with Crippen molar-refractivity contribution in [1.82, 2.24) is 0 Å². The van der Waals surface area contributed by atoms with Gasteiger partial charge in [-0.1, -0.05) is 88.4 Å². The van der Waals surface area contributed by atoms with Crippen LogP contribution >= 0.6 is 0 Å². The van der Waals surface area contributed by atoms with Crippen LogP contribution in [0.3, 0.4) is 0 Å². The van der Waals surface area contributed by atoms with Gasteiger partial charge in [-0.05, 0) is 21.8 Å². The van der Waals surface area contributed by atoms with Gasteiger partial charge in [0.05, 0.1) is 0 Å². The third-order valence-electron chi connectivity index (χ3n) is 4.38. The van der Waals surface area contributed by atoms with Crippen LogP contribution in [0.2, 0.25) is 5.04 Å². The van der Waals surface area contributed by atoms with Gasteiger partial charge in [-0.15, -0.1) is 0 Å². The average molecular weight is 343 g/mol. The molecule has 0 radical (unpaired) electrons. The largest absolute Gasteiger partial charge is 0.479 e. The minimum atomic E-state index is -2.78. The van der Waals surface area contributed by atoms with Crippen molar-refractivity contribution in [1.29, 1.82) is 0 Å². The number of carboxylic acid groups (broad SMARTS) is 1. The molecule has 1 N–H and O–H groups in total. The number of carboxylic acids is 1. The number of carbonyl (C=O) groups is 1. The molecule has 4 heteroatoms. The minimum absolute atomic E-state index is 0.210. The third kappa shape index (κ3) is 3.45. The van der Waals surface area contributed by atoms with E-state index in [0.717, 1.165) is 10.4 Å². The molecule has 0 unspecified atom stereocenters. The van der Waals surface area contributed by atoms with Gasteiger partial charge < -0.3 is 9.53 Å². The topological polar surface area (TPSA) is 46.5 Å². The molecule has 0 spiro atoms. The predicted octanol–water partition coefficient (Wildman–Crippen LogP) is 3.43. The SMILES string of the molecule is CC[C@@H](O[Si](c1ccccc1)(c1ccccc1)C(C)(C)C)C(=O)O. The van der Waals surface area contributed by atoms with Crippen molar-refractivity contribution < 1.29 is 14.3 Å². The van der Waals surface area contributed by atoms with E-state index in [9.17, 15) is 9.90 Å². The molecule has 0 heterocycles. The molecule has 1 atom stereocenters. The molecular weight excluding hydrogens is 316 g/mol. The van der Waals surface area contributed by atoms with E-state index in [2.05, 4.69) is 45.0 Å². The van der Waals surface area contributed by atoms with Crippen LogP contribution in [0, 0.1) is 0 Å². The molecule has 0 aliphatic carbocycles. The van der Waals surface area contributed by atoms with Crippen molar-refractivity contribution in [2.45, 2.75) is 45.3 Å². The number of benzene rings is 2. The average Bonchev–Trinajstić information content (AvgIpc) is 2.56. The monoisotopic (exact) mass is 342 g/mol. The lowest BCUT2D eigenvalue weighted by molar-refractivity contribution is -0.145. The molecule has 0 aliphatic rings. The molecular formula is C20H26O3Si. The van der Waals surface area contributed by atoms with E-state index < -0.39 is 20.4 Å². The Bertz CT molecular complexity index is 623. The van der Waals surface area contributed by atoms with Gasteiger partial charge in [-0.25, -0.2) is 4.79 Å². The Morgan fingerprint density at radius 1 is 1.00 bits per heavy atom. The van der Waals surface area contributed by atoms with Crippen LogP contribution in [-0.4, -0.2) is 25.5 Å². The summed E-state index contributed by atoms with van der Waals surface area (Å²) in [5, 5.41) is 11.6. The van der Waals surface area contributed by atoms with Crippen LogP contribution in [0.15, 0.2) is 60.7 Å². The summed E-state index contributed by atoms with van der Waals surface area (Å²) in [6.45, 7) is 8.30. The van der Waals surface area contributed by atoms with Crippen LogP contribution in [0.4, 0.5) is 0 Å². The molecule has 0 amide bonds. The summed E-state index contributed by atoms with van der Waals surface area (Å²) in [6.07, 6.45) is -0.365. The highest BCUT2D eigenvalue weighted by molar-refractivity contribution is 6.99. The van der Waals surface area contributed by atoms with Gasteiger partial charge in [0.2, 0.25) is 0 Å². The van der Waals surface area contributed by atoms with E-state index in [-0.39, 0.29) is 5.04 Å². The van der Waals surface area contributed by atoms with Crippen LogP contribution in [-0.2, 0) is 9.22 Å². The molecule has 0 fully saturated rings. The zero-order chi connectivity index (χ0) is 17.8. The summed E-state index contributed by atoms with van der Waals surface area (Å²) in [7, 11) is -2.78. The minimum Gasteiger partial charge on any atom is -0.479 e. The van der Waals surface area contributed by atoms with Gasteiger partial charge in [0.15, 0.2) is 0 Å². The Hall–Kier alpha value is -1.91. The second kappa shape index (κ2) is 7.32. The maximum absolute atomic E-state index is 11.7. The first kappa shape index (κ1) is 18.4. The van der Waals surface area contributed by atoms with E-state index in [1.807, 2.05) is 43.3 Å². The van der Waals surface area contributed by atoms with Gasteiger partial charge in [0.25, 0.3) is 8.32 Å². The first-order valence-corrected chi connectivity index (χ1v) is 10.3. The van der Waals surface area contributed by atoms with E-state index in [1.165, 1.54) is 0 Å². The fourth-order valence-electron chi connectivity index (χ4n) is 3.21. The van der Waals surface area contributed by atoms with E-state index in [0.29, 0.717) is 6.42 Å². The summed E-state index contributed by atoms with van der Waals surface area (Å²) < 4.78 is 6.52. The van der Waals surface area contributed by atoms with Gasteiger partial charge >= 0.3 is 5.97 Å². The Morgan fingerprint density at radius 3 is 1.71 bits per heavy atom. The number of aliphatic carboxylic acids is 1.